The van der Waals surface area contributed by atoms with E-state index in [2.05, 4.69) is 0 Å². The molecule has 0 aliphatic carbocycles. The Labute approximate surface area is 164 Å². The highest BCUT2D eigenvalue weighted by molar-refractivity contribution is 5.94. The summed E-state index contributed by atoms with van der Waals surface area (Å²) in [6, 6.07) is 11.4. The van der Waals surface area contributed by atoms with E-state index in [4.69, 9.17) is 4.74 Å². The van der Waals surface area contributed by atoms with Gasteiger partial charge >= 0.3 is 0 Å². The zero-order valence-electron chi connectivity index (χ0n) is 16.3. The Morgan fingerprint density at radius 1 is 0.964 bits per heavy atom. The average molecular weight is 384 g/mol. The molecule has 0 aromatic heterocycles. The minimum absolute atomic E-state index is 0.0274. The molecule has 1 fully saturated rings. The van der Waals surface area contributed by atoms with Crippen LogP contribution in [-0.4, -0.2) is 54.4 Å². The van der Waals surface area contributed by atoms with Crippen molar-refractivity contribution in [3.8, 4) is 5.75 Å². The Morgan fingerprint density at radius 3 is 2.46 bits per heavy atom. The first-order chi connectivity index (χ1) is 13.4. The van der Waals surface area contributed by atoms with Crippen LogP contribution >= 0.6 is 0 Å². The predicted molar refractivity (Wildman–Crippen MR) is 105 cm³/mol. The summed E-state index contributed by atoms with van der Waals surface area (Å²) in [6.07, 6.45) is 0.677. The lowest BCUT2D eigenvalue weighted by Crippen LogP contribution is -2.39. The van der Waals surface area contributed by atoms with Gasteiger partial charge in [0.15, 0.2) is 6.61 Å². The molecular formula is C22H25FN2O3. The van der Waals surface area contributed by atoms with Crippen LogP contribution in [0.4, 0.5) is 4.39 Å². The molecule has 148 valence electrons. The Hall–Kier alpha value is -2.89. The molecule has 0 radical (unpaired) electrons. The smallest absolute Gasteiger partial charge is 0.260 e. The maximum absolute atomic E-state index is 13.4. The quantitative estimate of drug-likeness (QED) is 0.813. The Kier molecular flexibility index (Phi) is 6.29. The minimum atomic E-state index is -0.430. The molecule has 1 saturated heterocycles. The number of carbonyl (C=O) groups excluding carboxylic acids is 2. The van der Waals surface area contributed by atoms with Gasteiger partial charge in [-0.05, 0) is 61.7 Å². The second-order valence-corrected chi connectivity index (χ2v) is 7.07. The molecule has 0 unspecified atom stereocenters. The lowest BCUT2D eigenvalue weighted by Gasteiger charge is -2.22. The normalized spacial score (nSPS) is 14.5. The van der Waals surface area contributed by atoms with Gasteiger partial charge in [-0.2, -0.15) is 0 Å². The molecule has 0 atom stereocenters. The zero-order valence-corrected chi connectivity index (χ0v) is 16.3. The van der Waals surface area contributed by atoms with Crippen molar-refractivity contribution in [3.63, 3.8) is 0 Å². The Balaban J connectivity index is 1.54. The lowest BCUT2D eigenvalue weighted by atomic mass is 10.1. The summed E-state index contributed by atoms with van der Waals surface area (Å²) < 4.78 is 19.0. The molecule has 5 nitrogen and oxygen atoms in total. The molecule has 6 heteroatoms. The third kappa shape index (κ3) is 4.88. The fourth-order valence-corrected chi connectivity index (χ4v) is 3.21. The van der Waals surface area contributed by atoms with Gasteiger partial charge in [0.2, 0.25) is 0 Å². The molecule has 28 heavy (non-hydrogen) atoms. The summed E-state index contributed by atoms with van der Waals surface area (Å²) in [7, 11) is 0. The van der Waals surface area contributed by atoms with E-state index in [1.807, 2.05) is 32.0 Å². The molecule has 2 aromatic carbocycles. The van der Waals surface area contributed by atoms with Crippen LogP contribution < -0.4 is 4.74 Å². The molecule has 0 spiro atoms. The van der Waals surface area contributed by atoms with Gasteiger partial charge in [-0.15, -0.1) is 0 Å². The molecule has 0 bridgehead atoms. The molecule has 1 aliphatic rings. The predicted octanol–water partition coefficient (Wildman–Crippen LogP) is 3.20. The molecule has 2 aromatic rings. The van der Waals surface area contributed by atoms with Gasteiger partial charge in [-0.1, -0.05) is 12.1 Å². The van der Waals surface area contributed by atoms with Gasteiger partial charge in [0.1, 0.15) is 11.6 Å². The van der Waals surface area contributed by atoms with Gasteiger partial charge in [-0.25, -0.2) is 4.39 Å². The number of benzene rings is 2. The van der Waals surface area contributed by atoms with E-state index < -0.39 is 5.82 Å². The van der Waals surface area contributed by atoms with Gasteiger partial charge in [0.05, 0.1) is 0 Å². The topological polar surface area (TPSA) is 49.9 Å². The average Bonchev–Trinajstić information content (AvgIpc) is 2.94. The highest BCUT2D eigenvalue weighted by atomic mass is 19.1. The second-order valence-electron chi connectivity index (χ2n) is 7.07. The fourth-order valence-electron chi connectivity index (χ4n) is 3.21. The van der Waals surface area contributed by atoms with E-state index in [9.17, 15) is 14.0 Å². The van der Waals surface area contributed by atoms with Crippen molar-refractivity contribution >= 4 is 11.8 Å². The number of ether oxygens (including phenoxy) is 1. The maximum atomic E-state index is 13.4. The van der Waals surface area contributed by atoms with Crippen molar-refractivity contribution in [1.29, 1.82) is 0 Å². The van der Waals surface area contributed by atoms with Crippen molar-refractivity contribution in [2.24, 2.45) is 0 Å². The van der Waals surface area contributed by atoms with Crippen LogP contribution in [0.25, 0.3) is 0 Å². The first kappa shape index (κ1) is 19.9. The van der Waals surface area contributed by atoms with E-state index in [1.165, 1.54) is 23.8 Å². The van der Waals surface area contributed by atoms with Crippen molar-refractivity contribution in [3.05, 3.63) is 65.0 Å². The summed E-state index contributed by atoms with van der Waals surface area (Å²) >= 11 is 0. The summed E-state index contributed by atoms with van der Waals surface area (Å²) in [5.74, 6) is -0.0615. The van der Waals surface area contributed by atoms with E-state index in [1.54, 1.807) is 15.9 Å². The number of hydrogen-bond donors (Lipinski definition) is 0. The largest absolute Gasteiger partial charge is 0.484 e. The molecular weight excluding hydrogens is 359 g/mol. The molecule has 0 N–H and O–H groups in total. The number of amides is 2. The van der Waals surface area contributed by atoms with E-state index >= 15 is 0 Å². The third-order valence-electron chi connectivity index (χ3n) is 5.05. The highest BCUT2D eigenvalue weighted by Gasteiger charge is 2.23. The second kappa shape index (κ2) is 8.87. The van der Waals surface area contributed by atoms with Crippen LogP contribution in [0.2, 0.25) is 0 Å². The lowest BCUT2D eigenvalue weighted by molar-refractivity contribution is -0.133. The fraction of sp³-hybridized carbons (Fsp3) is 0.364. The van der Waals surface area contributed by atoms with Crippen molar-refractivity contribution in [1.82, 2.24) is 9.80 Å². The van der Waals surface area contributed by atoms with Crippen molar-refractivity contribution in [2.75, 3.05) is 32.8 Å². The number of aryl methyl sites for hydroxylation is 2. The van der Waals surface area contributed by atoms with Crippen LogP contribution in [0.3, 0.4) is 0 Å². The third-order valence-corrected chi connectivity index (χ3v) is 5.05. The first-order valence-corrected chi connectivity index (χ1v) is 9.47. The van der Waals surface area contributed by atoms with E-state index in [-0.39, 0.29) is 18.4 Å². The Bertz CT molecular complexity index is 869. The van der Waals surface area contributed by atoms with E-state index in [0.29, 0.717) is 43.9 Å². The zero-order chi connectivity index (χ0) is 20.1. The summed E-state index contributed by atoms with van der Waals surface area (Å²) in [4.78, 5) is 28.5. The van der Waals surface area contributed by atoms with Crippen LogP contribution in [0, 0.1) is 19.7 Å². The maximum Gasteiger partial charge on any atom is 0.260 e. The summed E-state index contributed by atoms with van der Waals surface area (Å²) in [6.45, 7) is 5.97. The van der Waals surface area contributed by atoms with Crippen LogP contribution in [-0.2, 0) is 4.79 Å². The number of nitrogens with zero attached hydrogens (tertiary/aromatic N) is 2. The van der Waals surface area contributed by atoms with E-state index in [0.717, 1.165) is 5.56 Å². The minimum Gasteiger partial charge on any atom is -0.484 e. The SMILES string of the molecule is Cc1ccc(OCC(=O)N2CCCN(C(=O)c3cccc(F)c3)CC2)cc1C. The molecule has 1 heterocycles. The standard InChI is InChI=1S/C22H25FN2O3/c1-16-7-8-20(13-17(16)2)28-15-21(26)24-9-4-10-25(12-11-24)22(27)18-5-3-6-19(23)14-18/h3,5-8,13-14H,4,9-12,15H2,1-2H3. The van der Waals surface area contributed by atoms with Crippen molar-refractivity contribution < 1.29 is 18.7 Å². The molecule has 3 rings (SSSR count). The first-order valence-electron chi connectivity index (χ1n) is 9.47. The van der Waals surface area contributed by atoms with Crippen LogP contribution in [0.5, 0.6) is 5.75 Å². The van der Waals surface area contributed by atoms with Gasteiger partial charge < -0.3 is 14.5 Å². The number of halogens is 1. The molecule has 2 amide bonds. The van der Waals surface area contributed by atoms with Crippen molar-refractivity contribution in [2.45, 2.75) is 20.3 Å². The summed E-state index contributed by atoms with van der Waals surface area (Å²) in [5, 5.41) is 0. The molecule has 1 aliphatic heterocycles. The molecule has 0 saturated carbocycles. The van der Waals surface area contributed by atoms with Crippen LogP contribution in [0.1, 0.15) is 27.9 Å². The number of carbonyl (C=O) groups is 2. The number of hydrogen-bond acceptors (Lipinski definition) is 3. The van der Waals surface area contributed by atoms with Gasteiger partial charge in [0.25, 0.3) is 11.8 Å². The summed E-state index contributed by atoms with van der Waals surface area (Å²) in [5.41, 5.74) is 2.62. The van der Waals surface area contributed by atoms with Gasteiger partial charge in [-0.3, -0.25) is 9.59 Å². The monoisotopic (exact) mass is 384 g/mol. The number of rotatable bonds is 4. The van der Waals surface area contributed by atoms with Gasteiger partial charge in [0, 0.05) is 31.7 Å². The Morgan fingerprint density at radius 2 is 1.71 bits per heavy atom. The highest BCUT2D eigenvalue weighted by Crippen LogP contribution is 2.17. The van der Waals surface area contributed by atoms with Crippen LogP contribution in [0.15, 0.2) is 42.5 Å².